The normalized spacial score (nSPS) is 10.1. The summed E-state index contributed by atoms with van der Waals surface area (Å²) >= 11 is 0. The highest BCUT2D eigenvalue weighted by molar-refractivity contribution is 5.73. The summed E-state index contributed by atoms with van der Waals surface area (Å²) in [5, 5.41) is 2.68. The molecule has 0 unspecified atom stereocenters. The van der Waals surface area contributed by atoms with E-state index in [9.17, 15) is 4.79 Å². The fourth-order valence-electron chi connectivity index (χ4n) is 1.32. The monoisotopic (exact) mass is 217 g/mol. The molecule has 0 bridgehead atoms. The van der Waals surface area contributed by atoms with Crippen LogP contribution in [0, 0.1) is 0 Å². The second kappa shape index (κ2) is 4.57. The van der Waals surface area contributed by atoms with Gasteiger partial charge < -0.3 is 9.73 Å². The minimum Gasteiger partial charge on any atom is -0.463 e. The number of aromatic nitrogens is 2. The highest BCUT2D eigenvalue weighted by Crippen LogP contribution is 2.19. The zero-order chi connectivity index (χ0) is 11.4. The Kier molecular flexibility index (Phi) is 2.95. The first-order valence-electron chi connectivity index (χ1n) is 4.85. The first kappa shape index (κ1) is 10.4. The number of rotatable bonds is 3. The van der Waals surface area contributed by atoms with Crippen LogP contribution in [0.3, 0.4) is 0 Å². The molecular weight excluding hydrogens is 206 g/mol. The number of furan rings is 1. The number of nitrogens with one attached hydrogen (secondary N) is 1. The molecule has 5 heteroatoms. The predicted molar refractivity (Wildman–Crippen MR) is 57.3 cm³/mol. The van der Waals surface area contributed by atoms with E-state index in [1.807, 2.05) is 0 Å². The highest BCUT2D eigenvalue weighted by atomic mass is 16.3. The average Bonchev–Trinajstić information content (AvgIpc) is 2.80. The van der Waals surface area contributed by atoms with E-state index >= 15 is 0 Å². The summed E-state index contributed by atoms with van der Waals surface area (Å²) in [6.07, 6.45) is 4.75. The van der Waals surface area contributed by atoms with Crippen molar-refractivity contribution in [2.24, 2.45) is 0 Å². The van der Waals surface area contributed by atoms with Gasteiger partial charge in [-0.2, -0.15) is 0 Å². The molecule has 0 aliphatic rings. The van der Waals surface area contributed by atoms with Crippen molar-refractivity contribution in [3.05, 3.63) is 36.5 Å². The van der Waals surface area contributed by atoms with Crippen molar-refractivity contribution in [1.29, 1.82) is 0 Å². The quantitative estimate of drug-likeness (QED) is 0.843. The van der Waals surface area contributed by atoms with Gasteiger partial charge in [0.15, 0.2) is 5.76 Å². The minimum absolute atomic E-state index is 0.101. The Labute approximate surface area is 92.5 Å². The molecule has 0 saturated heterocycles. The van der Waals surface area contributed by atoms with Crippen LogP contribution < -0.4 is 5.32 Å². The van der Waals surface area contributed by atoms with Crippen LogP contribution >= 0.6 is 0 Å². The van der Waals surface area contributed by atoms with Crippen molar-refractivity contribution >= 4 is 5.91 Å². The SMILES string of the molecule is CC(=O)NCc1nccnc1-c1ccco1. The molecule has 2 heterocycles. The van der Waals surface area contributed by atoms with E-state index in [1.54, 1.807) is 30.8 Å². The minimum atomic E-state index is -0.101. The van der Waals surface area contributed by atoms with Gasteiger partial charge in [-0.05, 0) is 12.1 Å². The lowest BCUT2D eigenvalue weighted by Gasteiger charge is -2.05. The molecule has 0 aromatic carbocycles. The van der Waals surface area contributed by atoms with Crippen molar-refractivity contribution in [1.82, 2.24) is 15.3 Å². The maximum Gasteiger partial charge on any atom is 0.217 e. The van der Waals surface area contributed by atoms with Crippen molar-refractivity contribution < 1.29 is 9.21 Å². The van der Waals surface area contributed by atoms with Gasteiger partial charge in [-0.25, -0.2) is 4.98 Å². The lowest BCUT2D eigenvalue weighted by molar-refractivity contribution is -0.119. The fraction of sp³-hybridized carbons (Fsp3) is 0.182. The van der Waals surface area contributed by atoms with Crippen LogP contribution in [0.15, 0.2) is 35.2 Å². The fourth-order valence-corrected chi connectivity index (χ4v) is 1.32. The summed E-state index contributed by atoms with van der Waals surface area (Å²) in [6, 6.07) is 3.59. The van der Waals surface area contributed by atoms with Gasteiger partial charge in [0.1, 0.15) is 5.69 Å². The van der Waals surface area contributed by atoms with Gasteiger partial charge in [-0.1, -0.05) is 0 Å². The number of carbonyl (C=O) groups is 1. The molecule has 0 saturated carbocycles. The smallest absolute Gasteiger partial charge is 0.217 e. The van der Waals surface area contributed by atoms with E-state index < -0.39 is 0 Å². The number of hydrogen-bond acceptors (Lipinski definition) is 4. The molecule has 1 amide bonds. The second-order valence-corrected chi connectivity index (χ2v) is 3.24. The molecule has 2 aromatic rings. The van der Waals surface area contributed by atoms with Gasteiger partial charge in [0.05, 0.1) is 18.5 Å². The Hall–Kier alpha value is -2.17. The molecule has 0 fully saturated rings. The highest BCUT2D eigenvalue weighted by Gasteiger charge is 2.09. The summed E-state index contributed by atoms with van der Waals surface area (Å²) in [6.45, 7) is 1.81. The van der Waals surface area contributed by atoms with Crippen molar-refractivity contribution in [3.8, 4) is 11.5 Å². The molecular formula is C11H11N3O2. The van der Waals surface area contributed by atoms with Crippen molar-refractivity contribution in [2.75, 3.05) is 0 Å². The maximum absolute atomic E-state index is 10.8. The van der Waals surface area contributed by atoms with Gasteiger partial charge in [0.2, 0.25) is 5.91 Å². The molecule has 1 N–H and O–H groups in total. The Morgan fingerprint density at radius 1 is 1.44 bits per heavy atom. The third-order valence-electron chi connectivity index (χ3n) is 2.03. The van der Waals surface area contributed by atoms with Gasteiger partial charge in [-0.3, -0.25) is 9.78 Å². The van der Waals surface area contributed by atoms with Crippen LogP contribution in [0.25, 0.3) is 11.5 Å². The Balaban J connectivity index is 2.27. The van der Waals surface area contributed by atoms with E-state index in [0.717, 1.165) is 0 Å². The van der Waals surface area contributed by atoms with E-state index in [1.165, 1.54) is 6.92 Å². The Morgan fingerprint density at radius 2 is 2.25 bits per heavy atom. The molecule has 2 aromatic heterocycles. The predicted octanol–water partition coefficient (Wildman–Crippen LogP) is 1.37. The summed E-state index contributed by atoms with van der Waals surface area (Å²) in [4.78, 5) is 19.2. The van der Waals surface area contributed by atoms with Crippen molar-refractivity contribution in [2.45, 2.75) is 13.5 Å². The van der Waals surface area contributed by atoms with Crippen LogP contribution in [0.5, 0.6) is 0 Å². The molecule has 2 rings (SSSR count). The third-order valence-corrected chi connectivity index (χ3v) is 2.03. The first-order chi connectivity index (χ1) is 7.77. The molecule has 0 atom stereocenters. The standard InChI is InChI=1S/C11H11N3O2/c1-8(15)14-7-9-11(13-5-4-12-9)10-3-2-6-16-10/h2-6H,7H2,1H3,(H,14,15). The zero-order valence-corrected chi connectivity index (χ0v) is 8.80. The van der Waals surface area contributed by atoms with E-state index in [-0.39, 0.29) is 5.91 Å². The van der Waals surface area contributed by atoms with Gasteiger partial charge in [0.25, 0.3) is 0 Å². The summed E-state index contributed by atoms with van der Waals surface area (Å²) < 4.78 is 5.25. The second-order valence-electron chi connectivity index (χ2n) is 3.24. The first-order valence-corrected chi connectivity index (χ1v) is 4.85. The number of carbonyl (C=O) groups excluding carboxylic acids is 1. The maximum atomic E-state index is 10.8. The van der Waals surface area contributed by atoms with E-state index in [2.05, 4.69) is 15.3 Å². The number of nitrogens with zero attached hydrogens (tertiary/aromatic N) is 2. The summed E-state index contributed by atoms with van der Waals surface area (Å²) in [5.41, 5.74) is 1.34. The van der Waals surface area contributed by atoms with Crippen LogP contribution in [0.2, 0.25) is 0 Å². The largest absolute Gasteiger partial charge is 0.463 e. The number of hydrogen-bond donors (Lipinski definition) is 1. The Morgan fingerprint density at radius 3 is 2.94 bits per heavy atom. The molecule has 0 radical (unpaired) electrons. The number of amides is 1. The van der Waals surface area contributed by atoms with Gasteiger partial charge in [-0.15, -0.1) is 0 Å². The van der Waals surface area contributed by atoms with Crippen molar-refractivity contribution in [3.63, 3.8) is 0 Å². The lowest BCUT2D eigenvalue weighted by atomic mass is 10.2. The topological polar surface area (TPSA) is 68.0 Å². The molecule has 0 aliphatic heterocycles. The van der Waals surface area contributed by atoms with E-state index in [0.29, 0.717) is 23.7 Å². The summed E-state index contributed by atoms with van der Waals surface area (Å²) in [7, 11) is 0. The molecule has 82 valence electrons. The average molecular weight is 217 g/mol. The lowest BCUT2D eigenvalue weighted by Crippen LogP contribution is -2.20. The van der Waals surface area contributed by atoms with Gasteiger partial charge in [0, 0.05) is 19.3 Å². The molecule has 0 spiro atoms. The van der Waals surface area contributed by atoms with Crippen LogP contribution in [0.4, 0.5) is 0 Å². The zero-order valence-electron chi connectivity index (χ0n) is 8.80. The van der Waals surface area contributed by atoms with Crippen LogP contribution in [0.1, 0.15) is 12.6 Å². The molecule has 16 heavy (non-hydrogen) atoms. The van der Waals surface area contributed by atoms with Crippen LogP contribution in [-0.4, -0.2) is 15.9 Å². The van der Waals surface area contributed by atoms with Gasteiger partial charge >= 0.3 is 0 Å². The molecule has 5 nitrogen and oxygen atoms in total. The van der Waals surface area contributed by atoms with E-state index in [4.69, 9.17) is 4.42 Å². The Bertz CT molecular complexity index is 480. The molecule has 0 aliphatic carbocycles. The summed E-state index contributed by atoms with van der Waals surface area (Å²) in [5.74, 6) is 0.546. The van der Waals surface area contributed by atoms with Crippen LogP contribution in [-0.2, 0) is 11.3 Å². The third kappa shape index (κ3) is 2.25.